The minimum atomic E-state index is 0.874. The van der Waals surface area contributed by atoms with Gasteiger partial charge in [-0.15, -0.1) is 0 Å². The van der Waals surface area contributed by atoms with Crippen molar-refractivity contribution in [3.05, 3.63) is 200 Å². The first-order valence-corrected chi connectivity index (χ1v) is 17.0. The SMILES string of the molecule is c1ccc(-c2ccc(-c3ccc(N(c4ccc(-c5ccccc5-c5cc6ccccc6o5)cc4)c4ccc5ccccc5c4)cc3)cc2)cc1. The second-order valence-corrected chi connectivity index (χ2v) is 12.6. The summed E-state index contributed by atoms with van der Waals surface area (Å²) in [6, 6.07) is 71.1. The third-order valence-electron chi connectivity index (χ3n) is 9.50. The van der Waals surface area contributed by atoms with Gasteiger partial charge in [-0.1, -0.05) is 152 Å². The summed E-state index contributed by atoms with van der Waals surface area (Å²) in [6.45, 7) is 0. The van der Waals surface area contributed by atoms with Crippen LogP contribution in [0, 0.1) is 0 Å². The van der Waals surface area contributed by atoms with Gasteiger partial charge in [0.25, 0.3) is 0 Å². The fourth-order valence-electron chi connectivity index (χ4n) is 6.91. The summed E-state index contributed by atoms with van der Waals surface area (Å²) < 4.78 is 6.29. The number of para-hydroxylation sites is 1. The largest absolute Gasteiger partial charge is 0.456 e. The lowest BCUT2D eigenvalue weighted by Gasteiger charge is -2.26. The van der Waals surface area contributed by atoms with Crippen LogP contribution in [0.1, 0.15) is 0 Å². The van der Waals surface area contributed by atoms with Crippen LogP contribution in [0.4, 0.5) is 17.1 Å². The molecule has 0 radical (unpaired) electrons. The quantitative estimate of drug-likeness (QED) is 0.173. The van der Waals surface area contributed by atoms with Crippen LogP contribution < -0.4 is 4.90 Å². The van der Waals surface area contributed by atoms with Crippen LogP contribution in [0.5, 0.6) is 0 Å². The first-order valence-electron chi connectivity index (χ1n) is 17.0. The molecule has 0 aliphatic carbocycles. The second-order valence-electron chi connectivity index (χ2n) is 12.6. The minimum Gasteiger partial charge on any atom is -0.456 e. The molecule has 236 valence electrons. The third-order valence-corrected chi connectivity index (χ3v) is 9.50. The number of rotatable bonds is 7. The first-order chi connectivity index (χ1) is 24.8. The molecule has 9 rings (SSSR count). The van der Waals surface area contributed by atoms with E-state index in [4.69, 9.17) is 4.42 Å². The highest BCUT2D eigenvalue weighted by molar-refractivity contribution is 5.91. The van der Waals surface area contributed by atoms with Crippen molar-refractivity contribution in [2.24, 2.45) is 0 Å². The Labute approximate surface area is 292 Å². The summed E-state index contributed by atoms with van der Waals surface area (Å²) in [5.41, 5.74) is 12.4. The highest BCUT2D eigenvalue weighted by atomic mass is 16.3. The van der Waals surface area contributed by atoms with E-state index in [2.05, 4.69) is 187 Å². The maximum absolute atomic E-state index is 6.29. The molecule has 0 unspecified atom stereocenters. The molecular formula is C48H33NO. The number of hydrogen-bond acceptors (Lipinski definition) is 2. The maximum atomic E-state index is 6.29. The summed E-state index contributed by atoms with van der Waals surface area (Å²) in [5, 5.41) is 3.54. The number of nitrogens with zero attached hydrogens (tertiary/aromatic N) is 1. The molecule has 9 aromatic rings. The average molecular weight is 640 g/mol. The standard InChI is InChI=1S/C48H33NO/c1-2-10-34(11-3-1)36-18-20-37(21-19-36)38-22-27-42(28-23-38)49(44-31-24-35-12-4-5-13-40(35)32-44)43-29-25-39(26-30-43)45-15-7-8-16-46(45)48-33-41-14-6-9-17-47(41)50-48/h1-33H. The predicted octanol–water partition coefficient (Wildman–Crippen LogP) is 13.7. The summed E-state index contributed by atoms with van der Waals surface area (Å²) in [4.78, 5) is 2.34. The fraction of sp³-hybridized carbons (Fsp3) is 0. The van der Waals surface area contributed by atoms with Gasteiger partial charge >= 0.3 is 0 Å². The first kappa shape index (κ1) is 29.5. The Kier molecular flexibility index (Phi) is 7.53. The van der Waals surface area contributed by atoms with Crippen LogP contribution in [0.25, 0.3) is 66.4 Å². The van der Waals surface area contributed by atoms with Gasteiger partial charge in [-0.25, -0.2) is 0 Å². The van der Waals surface area contributed by atoms with Crippen LogP contribution >= 0.6 is 0 Å². The van der Waals surface area contributed by atoms with Gasteiger partial charge in [-0.05, 0) is 92.7 Å². The number of furan rings is 1. The predicted molar refractivity (Wildman–Crippen MR) is 210 cm³/mol. The van der Waals surface area contributed by atoms with Gasteiger partial charge in [0, 0.05) is 28.0 Å². The zero-order valence-electron chi connectivity index (χ0n) is 27.4. The Morgan fingerprint density at radius 2 is 0.780 bits per heavy atom. The average Bonchev–Trinajstić information content (AvgIpc) is 3.64. The van der Waals surface area contributed by atoms with Crippen molar-refractivity contribution in [2.45, 2.75) is 0 Å². The van der Waals surface area contributed by atoms with E-state index in [1.54, 1.807) is 0 Å². The molecule has 0 aliphatic rings. The lowest BCUT2D eigenvalue weighted by atomic mass is 9.97. The van der Waals surface area contributed by atoms with Crippen molar-refractivity contribution in [3.8, 4) is 44.7 Å². The summed E-state index contributed by atoms with van der Waals surface area (Å²) >= 11 is 0. The molecule has 0 N–H and O–H groups in total. The van der Waals surface area contributed by atoms with Crippen LogP contribution in [0.2, 0.25) is 0 Å². The van der Waals surface area contributed by atoms with E-state index in [-0.39, 0.29) is 0 Å². The number of anilines is 3. The van der Waals surface area contributed by atoms with Crippen molar-refractivity contribution in [3.63, 3.8) is 0 Å². The summed E-state index contributed by atoms with van der Waals surface area (Å²) in [6.07, 6.45) is 0. The lowest BCUT2D eigenvalue weighted by Crippen LogP contribution is -2.09. The molecule has 50 heavy (non-hydrogen) atoms. The molecule has 2 heteroatoms. The molecule has 0 fully saturated rings. The number of benzene rings is 8. The number of fused-ring (bicyclic) bond motifs is 2. The molecule has 0 atom stereocenters. The van der Waals surface area contributed by atoms with Crippen LogP contribution in [0.3, 0.4) is 0 Å². The van der Waals surface area contributed by atoms with Gasteiger partial charge in [0.2, 0.25) is 0 Å². The lowest BCUT2D eigenvalue weighted by molar-refractivity contribution is 0.632. The van der Waals surface area contributed by atoms with E-state index in [9.17, 15) is 0 Å². The van der Waals surface area contributed by atoms with E-state index < -0.39 is 0 Å². The highest BCUT2D eigenvalue weighted by Crippen LogP contribution is 2.40. The molecule has 1 heterocycles. The molecular weight excluding hydrogens is 607 g/mol. The van der Waals surface area contributed by atoms with Gasteiger partial charge in [0.15, 0.2) is 0 Å². The Morgan fingerprint density at radius 1 is 0.300 bits per heavy atom. The molecule has 1 aromatic heterocycles. The summed E-state index contributed by atoms with van der Waals surface area (Å²) in [5.74, 6) is 0.874. The third kappa shape index (κ3) is 5.63. The topological polar surface area (TPSA) is 16.4 Å². The number of hydrogen-bond donors (Lipinski definition) is 0. The van der Waals surface area contributed by atoms with Crippen molar-refractivity contribution in [1.29, 1.82) is 0 Å². The second kappa shape index (κ2) is 12.8. The van der Waals surface area contributed by atoms with Crippen LogP contribution in [-0.4, -0.2) is 0 Å². The fourth-order valence-corrected chi connectivity index (χ4v) is 6.91. The zero-order valence-corrected chi connectivity index (χ0v) is 27.4. The molecule has 0 amide bonds. The van der Waals surface area contributed by atoms with Crippen molar-refractivity contribution < 1.29 is 4.42 Å². The van der Waals surface area contributed by atoms with E-state index in [0.29, 0.717) is 0 Å². The summed E-state index contributed by atoms with van der Waals surface area (Å²) in [7, 11) is 0. The smallest absolute Gasteiger partial charge is 0.136 e. The van der Waals surface area contributed by atoms with Gasteiger partial charge in [-0.2, -0.15) is 0 Å². The van der Waals surface area contributed by atoms with E-state index >= 15 is 0 Å². The van der Waals surface area contributed by atoms with Crippen LogP contribution in [-0.2, 0) is 0 Å². The van der Waals surface area contributed by atoms with E-state index in [0.717, 1.165) is 50.5 Å². The Bertz CT molecular complexity index is 2530. The normalized spacial score (nSPS) is 11.2. The molecule has 0 bridgehead atoms. The monoisotopic (exact) mass is 639 g/mol. The molecule has 2 nitrogen and oxygen atoms in total. The van der Waals surface area contributed by atoms with Gasteiger partial charge in [0.05, 0.1) is 0 Å². The molecule has 0 spiro atoms. The zero-order chi connectivity index (χ0) is 33.3. The maximum Gasteiger partial charge on any atom is 0.136 e. The molecule has 0 saturated heterocycles. The molecule has 0 aliphatic heterocycles. The minimum absolute atomic E-state index is 0.874. The van der Waals surface area contributed by atoms with Crippen molar-refractivity contribution >= 4 is 38.8 Å². The molecule has 0 saturated carbocycles. The van der Waals surface area contributed by atoms with E-state index in [1.807, 2.05) is 18.2 Å². The van der Waals surface area contributed by atoms with Crippen LogP contribution in [0.15, 0.2) is 205 Å². The van der Waals surface area contributed by atoms with Gasteiger partial charge < -0.3 is 9.32 Å². The van der Waals surface area contributed by atoms with Gasteiger partial charge in [0.1, 0.15) is 11.3 Å². The Balaban J connectivity index is 1.08. The Hall–Kier alpha value is -6.64. The highest BCUT2D eigenvalue weighted by Gasteiger charge is 2.16. The van der Waals surface area contributed by atoms with Crippen molar-refractivity contribution in [2.75, 3.05) is 4.90 Å². The van der Waals surface area contributed by atoms with Crippen molar-refractivity contribution in [1.82, 2.24) is 0 Å². The Morgan fingerprint density at radius 3 is 1.44 bits per heavy atom. The molecule has 8 aromatic carbocycles. The van der Waals surface area contributed by atoms with E-state index in [1.165, 1.54) is 33.0 Å². The van der Waals surface area contributed by atoms with Gasteiger partial charge in [-0.3, -0.25) is 0 Å².